The zero-order valence-corrected chi connectivity index (χ0v) is 39.2. The highest BCUT2D eigenvalue weighted by Gasteiger charge is 2.35. The molecule has 3 rings (SSSR count). The molecular weight excluding hydrogens is 969 g/mol. The van der Waals surface area contributed by atoms with Crippen LogP contribution < -0.4 is 44.0 Å². The fourth-order valence-electron chi connectivity index (χ4n) is 7.10. The molecule has 73 heavy (non-hydrogen) atoms. The summed E-state index contributed by atoms with van der Waals surface area (Å²) >= 11 is 0. The third-order valence-corrected chi connectivity index (χ3v) is 11.0. The van der Waals surface area contributed by atoms with Crippen LogP contribution in [-0.4, -0.2) is 141 Å². The lowest BCUT2D eigenvalue weighted by atomic mass is 9.90. The number of nitrogens with one attached hydrogen (secondary N) is 5. The number of aromatic nitrogens is 4. The van der Waals surface area contributed by atoms with E-state index in [1.54, 1.807) is 0 Å². The first kappa shape index (κ1) is 58.4. The number of hydrogen-bond acceptors (Lipinski definition) is 18. The Bertz CT molecular complexity index is 2650. The number of rotatable bonds is 33. The van der Waals surface area contributed by atoms with Crippen molar-refractivity contribution in [2.45, 2.75) is 102 Å². The minimum atomic E-state index is -1.82. The molecule has 16 N–H and O–H groups in total. The molecule has 0 saturated heterocycles. The second-order valence-corrected chi connectivity index (χ2v) is 16.6. The largest absolute Gasteiger partial charge is 0.481 e. The Labute approximate surface area is 413 Å². The van der Waals surface area contributed by atoms with Crippen molar-refractivity contribution in [1.29, 1.82) is 0 Å². The monoisotopic (exact) mass is 1020 g/mol. The Hall–Kier alpha value is -8.92. The summed E-state index contributed by atoms with van der Waals surface area (Å²) < 4.78 is 0. The van der Waals surface area contributed by atoms with Crippen LogP contribution in [0.5, 0.6) is 0 Å². The van der Waals surface area contributed by atoms with Gasteiger partial charge >= 0.3 is 29.8 Å². The van der Waals surface area contributed by atoms with Crippen LogP contribution >= 0.6 is 0 Å². The summed E-state index contributed by atoms with van der Waals surface area (Å²) in [6.45, 7) is 1.44. The highest BCUT2D eigenvalue weighted by molar-refractivity contribution is 5.99. The van der Waals surface area contributed by atoms with Crippen molar-refractivity contribution in [1.82, 2.24) is 35.9 Å². The molecule has 2 heterocycles. The van der Waals surface area contributed by atoms with Gasteiger partial charge in [0.1, 0.15) is 11.8 Å². The van der Waals surface area contributed by atoms with E-state index < -0.39 is 158 Å². The topological polar surface area (TPSA) is 499 Å². The number of carboxylic acid groups (broad SMARTS) is 5. The van der Waals surface area contributed by atoms with Crippen LogP contribution in [0.25, 0.3) is 11.2 Å². The molecule has 1 aromatic carbocycles. The smallest absolute Gasteiger partial charge is 0.326 e. The summed E-state index contributed by atoms with van der Waals surface area (Å²) in [7, 11) is 0. The average Bonchev–Trinajstić information content (AvgIpc) is 3.30. The minimum absolute atomic E-state index is 0.0230. The molecule has 0 aliphatic heterocycles. The van der Waals surface area contributed by atoms with Crippen LogP contribution in [0.4, 0.5) is 11.6 Å². The van der Waals surface area contributed by atoms with Crippen molar-refractivity contribution >= 4 is 93.7 Å². The number of ketones is 3. The number of aromatic amines is 1. The predicted octanol–water partition coefficient (Wildman–Crippen LogP) is -1.46. The lowest BCUT2D eigenvalue weighted by Crippen LogP contribution is -2.48. The van der Waals surface area contributed by atoms with Gasteiger partial charge < -0.3 is 64.0 Å². The average molecular weight is 1020 g/mol. The number of nitrogens with two attached hydrogens (primary N) is 3. The van der Waals surface area contributed by atoms with Gasteiger partial charge in [0.25, 0.3) is 11.5 Å². The summed E-state index contributed by atoms with van der Waals surface area (Å²) in [4.78, 5) is 170. The van der Waals surface area contributed by atoms with Gasteiger partial charge in [-0.2, -0.15) is 4.98 Å². The Morgan fingerprint density at radius 3 is 1.82 bits per heavy atom. The van der Waals surface area contributed by atoms with Gasteiger partial charge in [-0.1, -0.05) is 6.92 Å². The SMILES string of the molecule is CC[C@H](CC(=O)[C@H](CC(=O)O)NC(=O)[C@H](CC(=O)O)CC(=O)[C@H](CCCN=C(N)N)NC(=O)[C@H](CC(=O)O)CC(=O)CC[C@H](NC(=O)c1ccc(NCc2cnc3nc(N)[nH]c(=O)c3n2)cc1)C(=O)O)C(=O)O. The number of nitrogens with zero attached hydrogens (tertiary/aromatic N) is 4. The number of aliphatic carboxylic acids is 5. The number of fused-ring (bicyclic) bond motifs is 1. The van der Waals surface area contributed by atoms with E-state index in [1.165, 1.54) is 37.4 Å². The molecule has 3 aromatic rings. The van der Waals surface area contributed by atoms with Crippen LogP contribution in [0.3, 0.4) is 0 Å². The van der Waals surface area contributed by atoms with Crippen molar-refractivity contribution in [2.75, 3.05) is 17.6 Å². The van der Waals surface area contributed by atoms with Crippen LogP contribution in [0.15, 0.2) is 40.2 Å². The molecule has 29 nitrogen and oxygen atoms in total. The molecule has 0 saturated carbocycles. The zero-order chi connectivity index (χ0) is 54.5. The van der Waals surface area contributed by atoms with Crippen LogP contribution in [-0.2, 0) is 54.5 Å². The number of carbonyl (C=O) groups excluding carboxylic acids is 6. The first-order valence-electron chi connectivity index (χ1n) is 22.4. The maximum Gasteiger partial charge on any atom is 0.326 e. The number of aliphatic imine (C=N–C) groups is 1. The maximum atomic E-state index is 13.8. The third kappa shape index (κ3) is 19.8. The van der Waals surface area contributed by atoms with E-state index in [4.69, 9.17) is 17.2 Å². The minimum Gasteiger partial charge on any atom is -0.481 e. The fourth-order valence-corrected chi connectivity index (χ4v) is 7.10. The van der Waals surface area contributed by atoms with Crippen molar-refractivity contribution in [3.8, 4) is 0 Å². The number of H-pyrrole nitrogens is 1. The third-order valence-electron chi connectivity index (χ3n) is 11.0. The maximum absolute atomic E-state index is 13.8. The lowest BCUT2D eigenvalue weighted by molar-refractivity contribution is -0.146. The molecule has 0 spiro atoms. The van der Waals surface area contributed by atoms with Crippen LogP contribution in [0.2, 0.25) is 0 Å². The molecule has 2 aromatic heterocycles. The summed E-state index contributed by atoms with van der Waals surface area (Å²) in [5.74, 6) is -18.9. The number of nitrogen functional groups attached to an aromatic ring is 1. The molecule has 0 aliphatic rings. The van der Waals surface area contributed by atoms with Gasteiger partial charge in [0.05, 0.1) is 67.5 Å². The number of carbonyl (C=O) groups is 11. The Morgan fingerprint density at radius 2 is 1.26 bits per heavy atom. The number of carboxylic acids is 5. The van der Waals surface area contributed by atoms with Gasteiger partial charge in [-0.3, -0.25) is 62.7 Å². The molecule has 0 unspecified atom stereocenters. The van der Waals surface area contributed by atoms with Crippen molar-refractivity contribution < 1.29 is 78.3 Å². The second kappa shape index (κ2) is 28.1. The summed E-state index contributed by atoms with van der Waals surface area (Å²) in [5.41, 5.74) is 16.6. The Morgan fingerprint density at radius 1 is 0.685 bits per heavy atom. The highest BCUT2D eigenvalue weighted by Crippen LogP contribution is 2.20. The number of amides is 3. The van der Waals surface area contributed by atoms with E-state index in [-0.39, 0.29) is 61.0 Å². The van der Waals surface area contributed by atoms with Crippen LogP contribution in [0, 0.1) is 17.8 Å². The van der Waals surface area contributed by atoms with Gasteiger partial charge in [0, 0.05) is 43.5 Å². The van der Waals surface area contributed by atoms with Crippen molar-refractivity contribution in [2.24, 2.45) is 34.2 Å². The number of benzene rings is 1. The first-order valence-corrected chi connectivity index (χ1v) is 22.4. The normalized spacial score (nSPS) is 13.4. The Kier molecular flexibility index (Phi) is 22.4. The summed E-state index contributed by atoms with van der Waals surface area (Å²) in [5, 5.41) is 57.7. The zero-order valence-electron chi connectivity index (χ0n) is 39.2. The molecule has 0 radical (unpaired) electrons. The number of anilines is 2. The second-order valence-electron chi connectivity index (χ2n) is 16.6. The molecule has 394 valence electrons. The molecule has 3 amide bonds. The van der Waals surface area contributed by atoms with Gasteiger partial charge in [-0.15, -0.1) is 0 Å². The van der Waals surface area contributed by atoms with Crippen LogP contribution in [0.1, 0.15) is 93.6 Å². The predicted molar refractivity (Wildman–Crippen MR) is 252 cm³/mol. The van der Waals surface area contributed by atoms with Crippen molar-refractivity contribution in [3.63, 3.8) is 0 Å². The number of hydrogen-bond donors (Lipinski definition) is 13. The molecular formula is C44H56N12O17. The first-order chi connectivity index (χ1) is 34.4. The van der Waals surface area contributed by atoms with Gasteiger partial charge in [0.2, 0.25) is 17.8 Å². The van der Waals surface area contributed by atoms with Gasteiger partial charge in [-0.25, -0.2) is 14.8 Å². The van der Waals surface area contributed by atoms with E-state index in [9.17, 15) is 83.1 Å². The quantitative estimate of drug-likeness (QED) is 0.0188. The van der Waals surface area contributed by atoms with E-state index in [0.29, 0.717) is 11.4 Å². The number of guanidine groups is 1. The van der Waals surface area contributed by atoms with Gasteiger partial charge in [-0.05, 0) is 49.9 Å². The highest BCUT2D eigenvalue weighted by atomic mass is 16.4. The fraction of sp³-hybridized carbons (Fsp3) is 0.455. The standard InChI is InChI=1S/C44H56N12O17/c1-2-20(41(70)71)13-31(59)29(17-34(64)65)54-39(68)23(16-33(62)63)14-30(58)27(4-3-11-48-43(45)46)52-38(67)22(15-32(60)61)12-26(57)9-10-28(42(72)73)53-37(66)21-5-7-24(8-6-21)49-18-25-19-50-36-35(51-25)40(69)56-44(47)55-36/h5-8,19-20,22-23,27-29,49H,2-4,9-18H2,1H3,(H,52,67)(H,53,66)(H,54,68)(H,60,61)(H,62,63)(H,64,65)(H,70,71)(H,72,73)(H4,45,46,48)(H3,47,50,55,56,69)/t20-,22+,23+,27+,28+,29+/m1/s1. The summed E-state index contributed by atoms with van der Waals surface area (Å²) in [6, 6.07) is 0.674. The van der Waals surface area contributed by atoms with E-state index in [1.807, 2.05) is 0 Å². The molecule has 0 fully saturated rings. The number of Topliss-reactive ketones (excluding diaryl/α,β-unsaturated/α-hetero) is 3. The van der Waals surface area contributed by atoms with E-state index in [2.05, 4.69) is 46.2 Å². The lowest BCUT2D eigenvalue weighted by Gasteiger charge is -2.24. The molecule has 0 bridgehead atoms. The molecule has 0 aliphatic carbocycles. The van der Waals surface area contributed by atoms with Gasteiger partial charge in [0.15, 0.2) is 28.7 Å². The van der Waals surface area contributed by atoms with E-state index >= 15 is 0 Å². The Balaban J connectivity index is 1.71. The van der Waals surface area contributed by atoms with E-state index in [0.717, 1.165) is 0 Å². The van der Waals surface area contributed by atoms with Crippen molar-refractivity contribution in [3.05, 3.63) is 52.1 Å². The summed E-state index contributed by atoms with van der Waals surface area (Å²) in [6.07, 6.45) is -5.51. The molecule has 6 atom stereocenters. The molecule has 29 heteroatoms.